The summed E-state index contributed by atoms with van der Waals surface area (Å²) >= 11 is 2.20. The first-order chi connectivity index (χ1) is 21.5. The standard InChI is InChI=1S/C25H22N8O10S2/c34-13-5-3-11(4-6-13)16(27-24(42)28-19(37)14-2-1-7-43-14)20(38)26-17-21(39)33-18(23(40)41)12(9-44-22(17)33)10-45-25-29-30-31-32(25)8-15(35)36/h1-7,16-17,22,34H,8-10H2,(H,26,38)(H,35,36)(H,40,41)(H2,27,28,37,42)/t16?,17?,22-/m1/s1. The number of hydrogen-bond acceptors (Lipinski definition) is 13. The van der Waals surface area contributed by atoms with Crippen LogP contribution in [0.3, 0.4) is 0 Å². The van der Waals surface area contributed by atoms with E-state index in [2.05, 4.69) is 26.2 Å². The number of carbonyl (C=O) groups is 6. The zero-order chi connectivity index (χ0) is 32.2. The third-order valence-corrected chi connectivity index (χ3v) is 8.83. The highest BCUT2D eigenvalue weighted by atomic mass is 32.2. The average Bonchev–Trinajstić information content (AvgIpc) is 3.70. The fraction of sp³-hybridized carbons (Fsp3) is 0.240. The van der Waals surface area contributed by atoms with Crippen molar-refractivity contribution in [1.82, 2.24) is 41.1 Å². The van der Waals surface area contributed by atoms with Crippen molar-refractivity contribution in [3.63, 3.8) is 0 Å². The van der Waals surface area contributed by atoms with Gasteiger partial charge in [-0.25, -0.2) is 14.3 Å². The summed E-state index contributed by atoms with van der Waals surface area (Å²) in [6.07, 6.45) is 1.24. The number of phenolic OH excluding ortho intramolecular Hbond substituents is 1. The number of fused-ring (bicyclic) bond motifs is 1. The number of carbonyl (C=O) groups excluding carboxylic acids is 4. The van der Waals surface area contributed by atoms with Gasteiger partial charge in [0, 0.05) is 11.5 Å². The van der Waals surface area contributed by atoms with Crippen molar-refractivity contribution in [3.05, 3.63) is 65.3 Å². The molecule has 0 spiro atoms. The number of phenols is 1. The molecule has 2 aromatic heterocycles. The van der Waals surface area contributed by atoms with E-state index in [4.69, 9.17) is 9.52 Å². The summed E-state index contributed by atoms with van der Waals surface area (Å²) < 4.78 is 5.99. The molecule has 4 heterocycles. The lowest BCUT2D eigenvalue weighted by atomic mass is 10.0. The normalized spacial score (nSPS) is 18.0. The highest BCUT2D eigenvalue weighted by Crippen LogP contribution is 2.41. The third-order valence-electron chi connectivity index (χ3n) is 6.44. The highest BCUT2D eigenvalue weighted by molar-refractivity contribution is 8.01. The van der Waals surface area contributed by atoms with Gasteiger partial charge in [-0.2, -0.15) is 0 Å². The van der Waals surface area contributed by atoms with Gasteiger partial charge in [0.1, 0.15) is 35.4 Å². The minimum absolute atomic E-state index is 0.0425. The van der Waals surface area contributed by atoms with Gasteiger partial charge in [-0.3, -0.25) is 29.4 Å². The van der Waals surface area contributed by atoms with Crippen LogP contribution in [0.5, 0.6) is 5.75 Å². The van der Waals surface area contributed by atoms with Gasteiger partial charge in [0.25, 0.3) is 11.8 Å². The SMILES string of the molecule is O=C(O)Cn1nnnc1SCC1=C(C(=O)O)N2C(=O)C(NC(=O)C(NC(=O)NC(=O)c3ccco3)c3ccc(O)cc3)[C@H]2SC1. The lowest BCUT2D eigenvalue weighted by molar-refractivity contribution is -0.151. The number of urea groups is 1. The summed E-state index contributed by atoms with van der Waals surface area (Å²) in [5.74, 6) is -5.02. The van der Waals surface area contributed by atoms with E-state index in [1.165, 1.54) is 54.4 Å². The molecule has 6 N–H and O–H groups in total. The molecule has 18 nitrogen and oxygen atoms in total. The van der Waals surface area contributed by atoms with Gasteiger partial charge in [-0.05, 0) is 45.8 Å². The smallest absolute Gasteiger partial charge is 0.352 e. The Morgan fingerprint density at radius 3 is 2.56 bits per heavy atom. The Hall–Kier alpha value is -5.37. The number of rotatable bonds is 11. The van der Waals surface area contributed by atoms with Crippen LogP contribution in [0.15, 0.2) is 63.5 Å². The molecule has 0 radical (unpaired) electrons. The number of hydrogen-bond donors (Lipinski definition) is 6. The van der Waals surface area contributed by atoms with Crippen molar-refractivity contribution in [1.29, 1.82) is 0 Å². The third kappa shape index (κ3) is 6.75. The number of benzene rings is 1. The van der Waals surface area contributed by atoms with E-state index in [9.17, 15) is 39.0 Å². The van der Waals surface area contributed by atoms with Gasteiger partial charge in [0.05, 0.1) is 6.26 Å². The second-order valence-electron chi connectivity index (χ2n) is 9.38. The summed E-state index contributed by atoms with van der Waals surface area (Å²) in [6.45, 7) is -0.495. The second-order valence-corrected chi connectivity index (χ2v) is 11.4. The molecule has 2 unspecified atom stereocenters. The van der Waals surface area contributed by atoms with Gasteiger partial charge in [0.2, 0.25) is 11.1 Å². The molecular weight excluding hydrogens is 636 g/mol. The van der Waals surface area contributed by atoms with E-state index in [-0.39, 0.29) is 39.4 Å². The number of aromatic nitrogens is 4. The maximum Gasteiger partial charge on any atom is 0.352 e. The summed E-state index contributed by atoms with van der Waals surface area (Å²) in [7, 11) is 0. The van der Waals surface area contributed by atoms with Crippen LogP contribution in [-0.4, -0.2) is 99.0 Å². The topological polar surface area (TPSA) is 259 Å². The average molecular weight is 659 g/mol. The number of thioether (sulfide) groups is 2. The molecule has 0 bridgehead atoms. The molecule has 1 aromatic carbocycles. The number of imide groups is 1. The maximum atomic E-state index is 13.4. The van der Waals surface area contributed by atoms with Crippen LogP contribution < -0.4 is 16.0 Å². The molecule has 3 atom stereocenters. The largest absolute Gasteiger partial charge is 0.508 e. The second kappa shape index (κ2) is 13.1. The van der Waals surface area contributed by atoms with E-state index in [0.717, 1.165) is 21.3 Å². The first kappa shape index (κ1) is 31.1. The summed E-state index contributed by atoms with van der Waals surface area (Å²) in [5.41, 5.74) is 0.294. The van der Waals surface area contributed by atoms with Crippen LogP contribution in [0.25, 0.3) is 0 Å². The summed E-state index contributed by atoms with van der Waals surface area (Å²) in [6, 6.07) is 4.43. The number of carboxylic acids is 2. The fourth-order valence-corrected chi connectivity index (χ4v) is 6.78. The summed E-state index contributed by atoms with van der Waals surface area (Å²) in [5, 5.41) is 45.7. The minimum Gasteiger partial charge on any atom is -0.508 e. The quantitative estimate of drug-likeness (QED) is 0.115. The predicted octanol–water partition coefficient (Wildman–Crippen LogP) is -0.232. The number of nitrogens with zero attached hydrogens (tertiary/aromatic N) is 5. The molecule has 234 valence electrons. The Morgan fingerprint density at radius 2 is 1.89 bits per heavy atom. The van der Waals surface area contributed by atoms with E-state index in [1.807, 2.05) is 5.32 Å². The zero-order valence-corrected chi connectivity index (χ0v) is 24.3. The molecule has 1 saturated heterocycles. The van der Waals surface area contributed by atoms with Gasteiger partial charge < -0.3 is 30.4 Å². The minimum atomic E-state index is -1.43. The molecule has 5 rings (SSSR count). The van der Waals surface area contributed by atoms with E-state index in [0.29, 0.717) is 5.57 Å². The molecule has 2 aliphatic rings. The Labute approximate surface area is 260 Å². The molecular formula is C25H22N8O10S2. The Kier molecular flexibility index (Phi) is 9.04. The van der Waals surface area contributed by atoms with Crippen LogP contribution in [0.4, 0.5) is 4.79 Å². The number of amides is 5. The predicted molar refractivity (Wildman–Crippen MR) is 151 cm³/mol. The fourth-order valence-electron chi connectivity index (χ4n) is 4.42. The molecule has 45 heavy (non-hydrogen) atoms. The first-order valence-corrected chi connectivity index (χ1v) is 14.8. The molecule has 5 amide bonds. The number of furan rings is 1. The number of aromatic hydroxyl groups is 1. The number of tetrazole rings is 1. The lowest BCUT2D eigenvalue weighted by Gasteiger charge is -2.49. The van der Waals surface area contributed by atoms with Crippen molar-refractivity contribution in [2.45, 2.75) is 29.2 Å². The highest BCUT2D eigenvalue weighted by Gasteiger charge is 2.54. The maximum absolute atomic E-state index is 13.4. The van der Waals surface area contributed by atoms with E-state index >= 15 is 0 Å². The van der Waals surface area contributed by atoms with Crippen LogP contribution in [-0.2, 0) is 25.7 Å². The van der Waals surface area contributed by atoms with Crippen molar-refractivity contribution in [2.75, 3.05) is 11.5 Å². The first-order valence-electron chi connectivity index (χ1n) is 12.8. The number of β-lactam (4-membered cyclic amide) rings is 1. The molecule has 3 aromatic rings. The summed E-state index contributed by atoms with van der Waals surface area (Å²) in [4.78, 5) is 75.8. The zero-order valence-electron chi connectivity index (χ0n) is 22.6. The van der Waals surface area contributed by atoms with Crippen molar-refractivity contribution in [2.24, 2.45) is 0 Å². The van der Waals surface area contributed by atoms with Gasteiger partial charge in [-0.1, -0.05) is 23.9 Å². The molecule has 1 fully saturated rings. The number of carboxylic acid groups (broad SMARTS) is 2. The van der Waals surface area contributed by atoms with Crippen LogP contribution in [0.2, 0.25) is 0 Å². The molecule has 0 saturated carbocycles. The van der Waals surface area contributed by atoms with Crippen molar-refractivity contribution in [3.8, 4) is 5.75 Å². The van der Waals surface area contributed by atoms with Crippen molar-refractivity contribution < 1.29 is 48.5 Å². The Bertz CT molecular complexity index is 1690. The molecule has 0 aliphatic carbocycles. The van der Waals surface area contributed by atoms with Crippen LogP contribution in [0.1, 0.15) is 22.2 Å². The lowest BCUT2D eigenvalue weighted by Crippen LogP contribution is -2.71. The van der Waals surface area contributed by atoms with E-state index in [1.54, 1.807) is 0 Å². The van der Waals surface area contributed by atoms with Gasteiger partial charge >= 0.3 is 18.0 Å². The monoisotopic (exact) mass is 658 g/mol. The van der Waals surface area contributed by atoms with Crippen LogP contribution >= 0.6 is 23.5 Å². The van der Waals surface area contributed by atoms with Crippen LogP contribution in [0, 0.1) is 0 Å². The van der Waals surface area contributed by atoms with E-state index < -0.39 is 59.7 Å². The Balaban J connectivity index is 1.29. The number of aliphatic carboxylic acids is 2. The Morgan fingerprint density at radius 1 is 1.13 bits per heavy atom. The molecule has 2 aliphatic heterocycles. The van der Waals surface area contributed by atoms with Gasteiger partial charge in [-0.15, -0.1) is 16.9 Å². The molecule has 20 heteroatoms. The van der Waals surface area contributed by atoms with Crippen molar-refractivity contribution >= 4 is 59.2 Å². The van der Waals surface area contributed by atoms with Gasteiger partial charge in [0.15, 0.2) is 5.76 Å². The number of nitrogens with one attached hydrogen (secondary N) is 3.